The zero-order valence-corrected chi connectivity index (χ0v) is 9.86. The van der Waals surface area contributed by atoms with Crippen molar-refractivity contribution in [1.82, 2.24) is 9.97 Å². The molecular formula is C12H11FN2S. The highest BCUT2D eigenvalue weighted by atomic mass is 32.1. The van der Waals surface area contributed by atoms with Crippen LogP contribution >= 0.6 is 12.2 Å². The van der Waals surface area contributed by atoms with Crippen molar-refractivity contribution in [3.8, 4) is 11.3 Å². The third-order valence-corrected chi connectivity index (χ3v) is 2.76. The Balaban J connectivity index is 2.70. The van der Waals surface area contributed by atoms with Crippen LogP contribution in [0.4, 0.5) is 4.39 Å². The molecule has 0 aliphatic rings. The molecule has 1 aromatic heterocycles. The molecule has 0 aliphatic carbocycles. The van der Waals surface area contributed by atoms with Crippen LogP contribution < -0.4 is 0 Å². The molecule has 0 amide bonds. The van der Waals surface area contributed by atoms with Crippen LogP contribution in [0, 0.1) is 24.3 Å². The highest BCUT2D eigenvalue weighted by Gasteiger charge is 2.09. The van der Waals surface area contributed by atoms with E-state index >= 15 is 0 Å². The van der Waals surface area contributed by atoms with Crippen LogP contribution in [0.15, 0.2) is 24.3 Å². The van der Waals surface area contributed by atoms with Gasteiger partial charge in [-0.3, -0.25) is 0 Å². The lowest BCUT2D eigenvalue weighted by molar-refractivity contribution is 0.630. The van der Waals surface area contributed by atoms with Gasteiger partial charge in [0.2, 0.25) is 0 Å². The van der Waals surface area contributed by atoms with Crippen molar-refractivity contribution in [2.24, 2.45) is 0 Å². The van der Waals surface area contributed by atoms with Crippen molar-refractivity contribution in [3.05, 3.63) is 46.1 Å². The number of nitrogens with zero attached hydrogens (tertiary/aromatic N) is 1. The monoisotopic (exact) mass is 234 g/mol. The van der Waals surface area contributed by atoms with Crippen molar-refractivity contribution in [1.29, 1.82) is 0 Å². The summed E-state index contributed by atoms with van der Waals surface area (Å²) in [4.78, 5) is 7.35. The molecule has 16 heavy (non-hydrogen) atoms. The minimum absolute atomic E-state index is 0.308. The van der Waals surface area contributed by atoms with Crippen LogP contribution in [0.1, 0.15) is 11.4 Å². The van der Waals surface area contributed by atoms with Crippen molar-refractivity contribution < 1.29 is 4.39 Å². The number of halogens is 1. The Kier molecular flexibility index (Phi) is 2.83. The molecule has 1 aromatic carbocycles. The Morgan fingerprint density at radius 2 is 1.94 bits per heavy atom. The average molecular weight is 234 g/mol. The Labute approximate surface area is 98.2 Å². The first-order valence-electron chi connectivity index (χ1n) is 4.92. The lowest BCUT2D eigenvalue weighted by Crippen LogP contribution is -1.97. The number of H-pyrrole nitrogens is 1. The molecule has 0 aliphatic heterocycles. The van der Waals surface area contributed by atoms with E-state index in [9.17, 15) is 4.39 Å². The van der Waals surface area contributed by atoms with E-state index in [4.69, 9.17) is 12.2 Å². The molecule has 0 bridgehead atoms. The molecule has 1 N–H and O–H groups in total. The summed E-state index contributed by atoms with van der Waals surface area (Å²) in [5.74, 6) is -0.308. The van der Waals surface area contributed by atoms with Crippen molar-refractivity contribution in [2.75, 3.05) is 0 Å². The molecule has 2 aromatic rings. The molecule has 1 heterocycles. The van der Waals surface area contributed by atoms with E-state index in [0.717, 1.165) is 11.4 Å². The van der Waals surface area contributed by atoms with Gasteiger partial charge in [0, 0.05) is 11.3 Å². The Morgan fingerprint density at radius 3 is 2.62 bits per heavy atom. The first kappa shape index (κ1) is 11.0. The highest BCUT2D eigenvalue weighted by Crippen LogP contribution is 2.21. The highest BCUT2D eigenvalue weighted by molar-refractivity contribution is 7.71. The second kappa shape index (κ2) is 4.14. The summed E-state index contributed by atoms with van der Waals surface area (Å²) in [6.07, 6.45) is 0. The number of aryl methyl sites for hydroxylation is 2. The SMILES string of the molecule is Cc1nc(-c2ccccc2F)c(=S)[nH]c1C. The first-order valence-corrected chi connectivity index (χ1v) is 5.33. The summed E-state index contributed by atoms with van der Waals surface area (Å²) in [6.45, 7) is 3.76. The van der Waals surface area contributed by atoms with Crippen LogP contribution in [-0.2, 0) is 0 Å². The maximum atomic E-state index is 13.6. The van der Waals surface area contributed by atoms with E-state index in [-0.39, 0.29) is 5.82 Å². The fourth-order valence-electron chi connectivity index (χ4n) is 1.46. The third-order valence-electron chi connectivity index (χ3n) is 2.47. The lowest BCUT2D eigenvalue weighted by Gasteiger charge is -2.06. The van der Waals surface area contributed by atoms with Gasteiger partial charge in [0.25, 0.3) is 0 Å². The fraction of sp³-hybridized carbons (Fsp3) is 0.167. The minimum Gasteiger partial charge on any atom is -0.347 e. The normalized spacial score (nSPS) is 10.4. The Morgan fingerprint density at radius 1 is 1.25 bits per heavy atom. The molecule has 0 atom stereocenters. The number of aromatic nitrogens is 2. The molecule has 0 radical (unpaired) electrons. The third kappa shape index (κ3) is 1.88. The van der Waals surface area contributed by atoms with Gasteiger partial charge in [0.05, 0.1) is 5.69 Å². The predicted molar refractivity (Wildman–Crippen MR) is 64.3 cm³/mol. The first-order chi connectivity index (χ1) is 7.59. The quantitative estimate of drug-likeness (QED) is 0.764. The summed E-state index contributed by atoms with van der Waals surface area (Å²) in [5, 5.41) is 0. The van der Waals surface area contributed by atoms with E-state index in [1.165, 1.54) is 6.07 Å². The van der Waals surface area contributed by atoms with E-state index in [2.05, 4.69) is 9.97 Å². The summed E-state index contributed by atoms with van der Waals surface area (Å²) in [5.41, 5.74) is 2.67. The van der Waals surface area contributed by atoms with Crippen LogP contribution in [0.5, 0.6) is 0 Å². The lowest BCUT2D eigenvalue weighted by atomic mass is 10.1. The van der Waals surface area contributed by atoms with E-state index in [0.29, 0.717) is 15.9 Å². The number of hydrogen-bond donors (Lipinski definition) is 1. The van der Waals surface area contributed by atoms with Gasteiger partial charge >= 0.3 is 0 Å². The van der Waals surface area contributed by atoms with Gasteiger partial charge in [0.15, 0.2) is 0 Å². The topological polar surface area (TPSA) is 28.7 Å². The number of nitrogens with one attached hydrogen (secondary N) is 1. The standard InChI is InChI=1S/C12H11FN2S/c1-7-8(2)15-12(16)11(14-7)9-5-3-4-6-10(9)13/h3-6H,1-2H3,(H,15,16). The second-order valence-corrected chi connectivity index (χ2v) is 4.01. The van der Waals surface area contributed by atoms with Crippen LogP contribution in [-0.4, -0.2) is 9.97 Å². The van der Waals surface area contributed by atoms with Crippen molar-refractivity contribution in [2.45, 2.75) is 13.8 Å². The molecular weight excluding hydrogens is 223 g/mol. The molecule has 0 saturated heterocycles. The van der Waals surface area contributed by atoms with Gasteiger partial charge < -0.3 is 4.98 Å². The number of rotatable bonds is 1. The van der Waals surface area contributed by atoms with Gasteiger partial charge in [-0.25, -0.2) is 9.37 Å². The van der Waals surface area contributed by atoms with Crippen molar-refractivity contribution in [3.63, 3.8) is 0 Å². The molecule has 0 unspecified atom stereocenters. The molecule has 2 nitrogen and oxygen atoms in total. The molecule has 2 rings (SSSR count). The van der Waals surface area contributed by atoms with Crippen LogP contribution in [0.25, 0.3) is 11.3 Å². The van der Waals surface area contributed by atoms with Crippen LogP contribution in [0.2, 0.25) is 0 Å². The number of hydrogen-bond acceptors (Lipinski definition) is 2. The maximum absolute atomic E-state index is 13.6. The summed E-state index contributed by atoms with van der Waals surface area (Å²) in [7, 11) is 0. The zero-order chi connectivity index (χ0) is 11.7. The van der Waals surface area contributed by atoms with E-state index < -0.39 is 0 Å². The molecule has 0 saturated carbocycles. The molecule has 82 valence electrons. The molecule has 4 heteroatoms. The zero-order valence-electron chi connectivity index (χ0n) is 9.04. The van der Waals surface area contributed by atoms with E-state index in [1.807, 2.05) is 13.8 Å². The van der Waals surface area contributed by atoms with Gasteiger partial charge in [-0.1, -0.05) is 24.4 Å². The summed E-state index contributed by atoms with van der Waals surface area (Å²) in [6, 6.07) is 6.49. The Hall–Kier alpha value is -1.55. The largest absolute Gasteiger partial charge is 0.347 e. The fourth-order valence-corrected chi connectivity index (χ4v) is 1.77. The Bertz CT molecular complexity index is 590. The average Bonchev–Trinajstić information content (AvgIpc) is 2.25. The predicted octanol–water partition coefficient (Wildman–Crippen LogP) is 3.56. The van der Waals surface area contributed by atoms with Gasteiger partial charge in [-0.15, -0.1) is 0 Å². The van der Waals surface area contributed by atoms with Gasteiger partial charge in [-0.05, 0) is 26.0 Å². The number of benzene rings is 1. The molecule has 0 spiro atoms. The smallest absolute Gasteiger partial charge is 0.132 e. The van der Waals surface area contributed by atoms with E-state index in [1.54, 1.807) is 18.2 Å². The van der Waals surface area contributed by atoms with Gasteiger partial charge in [-0.2, -0.15) is 0 Å². The summed E-state index contributed by atoms with van der Waals surface area (Å²) >= 11 is 5.16. The number of aromatic amines is 1. The maximum Gasteiger partial charge on any atom is 0.132 e. The molecule has 0 fully saturated rings. The van der Waals surface area contributed by atoms with Crippen molar-refractivity contribution >= 4 is 12.2 Å². The van der Waals surface area contributed by atoms with Crippen LogP contribution in [0.3, 0.4) is 0 Å². The minimum atomic E-state index is -0.308. The summed E-state index contributed by atoms with van der Waals surface area (Å²) < 4.78 is 14.1. The second-order valence-electron chi connectivity index (χ2n) is 3.60. The van der Waals surface area contributed by atoms with Gasteiger partial charge in [0.1, 0.15) is 16.2 Å².